The second-order valence-electron chi connectivity index (χ2n) is 31.8. The normalized spacial score (nSPS) is 16.2. The molecule has 4 aliphatic carbocycles. The summed E-state index contributed by atoms with van der Waals surface area (Å²) in [5.74, 6) is 2.80. The van der Waals surface area contributed by atoms with E-state index in [9.17, 15) is 49.4 Å². The minimum absolute atomic E-state index is 0.00455. The van der Waals surface area contributed by atoms with Crippen molar-refractivity contribution in [3.63, 3.8) is 0 Å². The molecule has 2 saturated heterocycles. The third kappa shape index (κ3) is 29.5. The molecule has 2 unspecified atom stereocenters. The number of nitrogens with zero attached hydrogens (tertiary/aromatic N) is 16. The molecular formula is C92H100BrN25O10. The maximum absolute atomic E-state index is 13.5. The van der Waals surface area contributed by atoms with Crippen LogP contribution in [0.25, 0.3) is 0 Å². The first-order valence-corrected chi connectivity index (χ1v) is 42.7. The third-order valence-electron chi connectivity index (χ3n) is 22.0. The Kier molecular flexibility index (Phi) is 33.1. The van der Waals surface area contributed by atoms with Gasteiger partial charge in [0, 0.05) is 175 Å². The standard InChI is InChI=1S/C25H32N6O4.C19H21N3O.C18H20N4O.C10H8N4O2.C10H10N4.C6H4BrNO2.C4H5N3/c1-2-3-6-18(15-30(35)17-32)23(34)31-16-25(9-10-25)14-21(31)22(33)28-19-7-4-8-20(13-19)29-24-26-11-5-12-27-24;23-18(15-5-6-19(13-15)7-8-19)22-16-4-1-3-14(11-16)12-17-20-9-2-10-21-17;23-17(15-11-18(5-6-18)12-21-15)22-14-4-1-3-13(9-14)10-16-19-7-2-8-20-16;15-14(16)9-4-1-3-8(7-9)13-10-11-5-2-6-12-10;11-8-3-1-4-9(7-8)14-10-12-5-2-6-13-10;7-5-2-1-3-6(4-5)8(9)10;5-4-6-2-1-3-7-4/h4-5,7-8,11-13,17-18,21,35H,2-3,6,9-10,14-16H2,1H3,(H,28,33)(H,26,27,29);1-4,9-11,15H,5-8,12-13H2,(H,22,23);1-4,7-9,15,21H,5-6,10-12H2,(H,22,23);1-7H,(H,11,12,13);1-7H,11H2,(H,12,13,14);1-4H;1-3H,(H2,5,6,7)/t18-,21+;;;;;;/m1....../s1. The lowest BCUT2D eigenvalue weighted by molar-refractivity contribution is -0.385. The first-order chi connectivity index (χ1) is 62.1. The molecule has 8 heterocycles. The molecule has 6 aliphatic rings. The quantitative estimate of drug-likeness (QED) is 0.00835. The van der Waals surface area contributed by atoms with E-state index < -0.39 is 21.8 Å². The first kappa shape index (κ1) is 92.5. The number of likely N-dealkylation sites (tertiary alicyclic amines) is 1. The highest BCUT2D eigenvalue weighted by molar-refractivity contribution is 9.10. The molecule has 6 fully saturated rings. The number of benzene rings is 6. The summed E-state index contributed by atoms with van der Waals surface area (Å²) in [6.45, 7) is 3.47. The average Bonchev–Trinajstić information content (AvgIpc) is 1.58. The zero-order valence-electron chi connectivity index (χ0n) is 70.4. The lowest BCUT2D eigenvalue weighted by Gasteiger charge is -2.29. The zero-order chi connectivity index (χ0) is 90.1. The van der Waals surface area contributed by atoms with E-state index in [1.54, 1.807) is 146 Å². The number of nitro groups is 2. The van der Waals surface area contributed by atoms with Crippen LogP contribution in [0.4, 0.5) is 75.0 Å². The molecule has 4 saturated carbocycles. The van der Waals surface area contributed by atoms with Crippen LogP contribution in [0.5, 0.6) is 0 Å². The zero-order valence-corrected chi connectivity index (χ0v) is 72.0. The van der Waals surface area contributed by atoms with E-state index in [0.29, 0.717) is 95.4 Å². The molecule has 660 valence electrons. The van der Waals surface area contributed by atoms with E-state index in [0.717, 1.165) is 101 Å². The van der Waals surface area contributed by atoms with Crippen LogP contribution in [0.1, 0.15) is 120 Å². The number of hydrogen-bond donors (Lipinski definition) is 10. The molecule has 6 aromatic carbocycles. The Morgan fingerprint density at radius 2 is 0.953 bits per heavy atom. The predicted octanol–water partition coefficient (Wildman–Crippen LogP) is 15.3. The molecule has 0 bridgehead atoms. The second-order valence-corrected chi connectivity index (χ2v) is 32.7. The number of carbonyl (C=O) groups is 5. The van der Waals surface area contributed by atoms with E-state index in [-0.39, 0.29) is 58.9 Å². The fraction of sp³-hybridized carbons (Fsp3) is 0.293. The Balaban J connectivity index is 0.000000142. The monoisotopic (exact) mass is 1790 g/mol. The molecule has 0 radical (unpaired) electrons. The SMILES string of the molecule is CCCC[C@H](CN(O)C=O)C(=O)N1CC2(CC2)C[C@H]1C(=O)Nc1cccc(Nc2ncccn2)c1.Nc1cccc(Nc2ncccn2)c1.Nc1ncccn1.O=C(Nc1cccc(Cc2ncccn2)c1)C1CC2(CC2)CN1.O=C(Nc1cccc(Cc2ncccn2)c1)C1CCC2(CC2)C1.O=[N+]([O-])c1cccc(Br)c1.O=[N+]([O-])c1cccc(Nc2ncccn2)c1. The Hall–Kier alpha value is -14.7. The molecule has 12 aromatic rings. The maximum atomic E-state index is 13.5. The average molecular weight is 1800 g/mol. The van der Waals surface area contributed by atoms with Gasteiger partial charge in [0.2, 0.25) is 53.8 Å². The molecule has 36 heteroatoms. The number of hydroxylamine groups is 2. The van der Waals surface area contributed by atoms with Gasteiger partial charge in [-0.05, 0) is 214 Å². The first-order valence-electron chi connectivity index (χ1n) is 41.9. The number of nitrogens with two attached hydrogens (primary N) is 2. The van der Waals surface area contributed by atoms with Crippen LogP contribution >= 0.6 is 15.9 Å². The van der Waals surface area contributed by atoms with Crippen LogP contribution in [0, 0.1) is 48.3 Å². The van der Waals surface area contributed by atoms with Crippen molar-refractivity contribution in [2.75, 3.05) is 63.0 Å². The van der Waals surface area contributed by atoms with Crippen molar-refractivity contribution in [3.8, 4) is 0 Å². The molecule has 18 rings (SSSR count). The van der Waals surface area contributed by atoms with Crippen molar-refractivity contribution < 1.29 is 39.0 Å². The Morgan fingerprint density at radius 1 is 0.516 bits per heavy atom. The van der Waals surface area contributed by atoms with Gasteiger partial charge in [0.05, 0.1) is 28.4 Å². The smallest absolute Gasteiger partial charge is 0.271 e. The number of rotatable bonds is 25. The summed E-state index contributed by atoms with van der Waals surface area (Å²) in [5.41, 5.74) is 19.3. The van der Waals surface area contributed by atoms with Crippen molar-refractivity contribution in [2.45, 2.75) is 122 Å². The highest BCUT2D eigenvalue weighted by atomic mass is 79.9. The van der Waals surface area contributed by atoms with E-state index >= 15 is 0 Å². The van der Waals surface area contributed by atoms with Crippen molar-refractivity contribution >= 4 is 121 Å². The van der Waals surface area contributed by atoms with E-state index in [4.69, 9.17) is 11.5 Å². The van der Waals surface area contributed by atoms with Crippen molar-refractivity contribution in [1.29, 1.82) is 0 Å². The van der Waals surface area contributed by atoms with Gasteiger partial charge in [-0.3, -0.25) is 49.4 Å². The molecule has 2 aliphatic heterocycles. The Bertz CT molecular complexity index is 5510. The van der Waals surface area contributed by atoms with Crippen LogP contribution < -0.4 is 48.7 Å². The van der Waals surface area contributed by atoms with Gasteiger partial charge in [0.1, 0.15) is 17.7 Å². The molecule has 4 atom stereocenters. The summed E-state index contributed by atoms with van der Waals surface area (Å²) < 4.78 is 0.724. The highest BCUT2D eigenvalue weighted by Crippen LogP contribution is 2.60. The number of amides is 5. The number of anilines is 11. The van der Waals surface area contributed by atoms with Gasteiger partial charge in [0.15, 0.2) is 0 Å². The lowest BCUT2D eigenvalue weighted by Crippen LogP contribution is -2.47. The molecule has 128 heavy (non-hydrogen) atoms. The summed E-state index contributed by atoms with van der Waals surface area (Å²) >= 11 is 3.13. The largest absolute Gasteiger partial charge is 0.399 e. The van der Waals surface area contributed by atoms with Gasteiger partial charge in [-0.25, -0.2) is 64.9 Å². The van der Waals surface area contributed by atoms with Gasteiger partial charge in [-0.1, -0.05) is 84.2 Å². The summed E-state index contributed by atoms with van der Waals surface area (Å²) in [4.78, 5) is 133. The molecule has 3 spiro atoms. The number of nitro benzene ring substituents is 2. The van der Waals surface area contributed by atoms with Crippen LogP contribution in [0.15, 0.2) is 261 Å². The lowest BCUT2D eigenvalue weighted by atomic mass is 9.99. The fourth-order valence-electron chi connectivity index (χ4n) is 14.8. The number of unbranched alkanes of at least 4 members (excludes halogenated alkanes) is 1. The molecule has 35 nitrogen and oxygen atoms in total. The number of hydrogen-bond acceptors (Lipinski definition) is 28. The number of carbonyl (C=O) groups excluding carboxylic acids is 5. The number of nitrogen functional groups attached to an aromatic ring is 2. The number of nitrogens with one attached hydrogen (secondary N) is 7. The van der Waals surface area contributed by atoms with Crippen molar-refractivity contribution in [2.24, 2.45) is 28.1 Å². The highest BCUT2D eigenvalue weighted by Gasteiger charge is 2.56. The summed E-state index contributed by atoms with van der Waals surface area (Å²) in [6, 6.07) is 52.9. The van der Waals surface area contributed by atoms with Crippen molar-refractivity contribution in [3.05, 3.63) is 304 Å². The minimum atomic E-state index is -0.591. The Labute approximate surface area is 747 Å². The van der Waals surface area contributed by atoms with Gasteiger partial charge in [-0.2, -0.15) is 0 Å². The Morgan fingerprint density at radius 3 is 1.41 bits per heavy atom. The topological polar surface area (TPSA) is 489 Å². The van der Waals surface area contributed by atoms with E-state index in [1.165, 1.54) is 56.4 Å². The molecule has 6 aromatic heterocycles. The van der Waals surface area contributed by atoms with Gasteiger partial charge >= 0.3 is 0 Å². The third-order valence-corrected chi connectivity index (χ3v) is 22.5. The maximum Gasteiger partial charge on any atom is 0.271 e. The number of aromatic nitrogens is 12. The van der Waals surface area contributed by atoms with E-state index in [2.05, 4.69) is 113 Å². The van der Waals surface area contributed by atoms with Crippen LogP contribution in [0.2, 0.25) is 0 Å². The fourth-order valence-corrected chi connectivity index (χ4v) is 15.2. The number of halogens is 1. The minimum Gasteiger partial charge on any atom is -0.399 e. The summed E-state index contributed by atoms with van der Waals surface area (Å²) in [5, 5.41) is 52.4. The summed E-state index contributed by atoms with van der Waals surface area (Å²) in [6.07, 6.45) is 36.0. The molecule has 5 amide bonds. The van der Waals surface area contributed by atoms with Gasteiger partial charge in [-0.15, -0.1) is 0 Å². The molecule has 12 N–H and O–H groups in total. The van der Waals surface area contributed by atoms with Gasteiger partial charge in [0.25, 0.3) is 11.4 Å². The van der Waals surface area contributed by atoms with E-state index in [1.807, 2.05) is 97.9 Å². The molecular weight excluding hydrogens is 1700 g/mol. The van der Waals surface area contributed by atoms with Crippen LogP contribution in [-0.4, -0.2) is 147 Å². The second kappa shape index (κ2) is 45.8. The van der Waals surface area contributed by atoms with Crippen molar-refractivity contribution in [1.82, 2.24) is 75.1 Å². The van der Waals surface area contributed by atoms with Crippen LogP contribution in [0.3, 0.4) is 0 Å². The number of non-ortho nitro benzene ring substituents is 2. The summed E-state index contributed by atoms with van der Waals surface area (Å²) in [7, 11) is 0. The predicted molar refractivity (Wildman–Crippen MR) is 488 cm³/mol. The van der Waals surface area contributed by atoms with Crippen LogP contribution in [-0.2, 0) is 36.8 Å². The van der Waals surface area contributed by atoms with Gasteiger partial charge < -0.3 is 53.6 Å².